The number of sulfone groups is 1. The van der Waals surface area contributed by atoms with Gasteiger partial charge >= 0.3 is 0 Å². The zero-order valence-electron chi connectivity index (χ0n) is 10.6. The molecule has 4 nitrogen and oxygen atoms in total. The maximum atomic E-state index is 13.1. The lowest BCUT2D eigenvalue weighted by Crippen LogP contribution is -2.18. The largest absolute Gasteiger partial charge is 0.494 e. The van der Waals surface area contributed by atoms with Gasteiger partial charge in [-0.15, -0.1) is 0 Å². The number of hydrogen-bond donors (Lipinski definition) is 1. The van der Waals surface area contributed by atoms with E-state index in [0.29, 0.717) is 18.7 Å². The number of nitrogens with one attached hydrogen (secondary N) is 1. The minimum absolute atomic E-state index is 0.0700. The molecule has 1 aromatic carbocycles. The molecule has 1 rings (SSSR count). The Kier molecular flexibility index (Phi) is 5.40. The molecule has 0 spiro atoms. The summed E-state index contributed by atoms with van der Waals surface area (Å²) in [6, 6.07) is 4.33. The molecule has 18 heavy (non-hydrogen) atoms. The third-order valence-electron chi connectivity index (χ3n) is 2.41. The molecule has 0 aliphatic heterocycles. The van der Waals surface area contributed by atoms with Crippen molar-refractivity contribution in [1.29, 1.82) is 0 Å². The normalized spacial score (nSPS) is 11.3. The second-order valence-electron chi connectivity index (χ2n) is 3.93. The van der Waals surface area contributed by atoms with Crippen molar-refractivity contribution < 1.29 is 17.5 Å². The van der Waals surface area contributed by atoms with Crippen LogP contribution in [-0.4, -0.2) is 33.6 Å². The third kappa shape index (κ3) is 4.52. The maximum absolute atomic E-state index is 13.1. The molecule has 0 saturated carbocycles. The lowest BCUT2D eigenvalue weighted by atomic mass is 10.3. The highest BCUT2D eigenvalue weighted by atomic mass is 32.2. The quantitative estimate of drug-likeness (QED) is 0.827. The average molecular weight is 275 g/mol. The molecule has 0 atom stereocenters. The van der Waals surface area contributed by atoms with Crippen molar-refractivity contribution >= 4 is 15.5 Å². The first-order chi connectivity index (χ1) is 8.48. The van der Waals surface area contributed by atoms with Crippen LogP contribution < -0.4 is 10.1 Å². The van der Waals surface area contributed by atoms with E-state index in [-0.39, 0.29) is 17.3 Å². The fourth-order valence-corrected chi connectivity index (χ4v) is 2.77. The highest BCUT2D eigenvalue weighted by Gasteiger charge is 2.09. The third-order valence-corrected chi connectivity index (χ3v) is 4.26. The van der Waals surface area contributed by atoms with Crippen LogP contribution in [0, 0.1) is 5.82 Å². The number of methoxy groups -OCH3 is 1. The lowest BCUT2D eigenvalue weighted by molar-refractivity contribution is 0.387. The van der Waals surface area contributed by atoms with Crippen LogP contribution in [0.3, 0.4) is 0 Å². The molecule has 1 N–H and O–H groups in total. The van der Waals surface area contributed by atoms with E-state index < -0.39 is 15.7 Å². The van der Waals surface area contributed by atoms with E-state index >= 15 is 0 Å². The zero-order valence-corrected chi connectivity index (χ0v) is 11.4. The Bertz CT molecular complexity index is 488. The van der Waals surface area contributed by atoms with E-state index in [1.165, 1.54) is 19.2 Å². The Morgan fingerprint density at radius 1 is 1.33 bits per heavy atom. The number of rotatable bonds is 7. The summed E-state index contributed by atoms with van der Waals surface area (Å²) in [5.41, 5.74) is 0.639. The summed E-state index contributed by atoms with van der Waals surface area (Å²) in [7, 11) is -1.61. The van der Waals surface area contributed by atoms with Crippen molar-refractivity contribution in [3.63, 3.8) is 0 Å². The molecule has 0 radical (unpaired) electrons. The van der Waals surface area contributed by atoms with E-state index in [0.717, 1.165) is 0 Å². The fraction of sp³-hybridized carbons (Fsp3) is 0.500. The first-order valence-electron chi connectivity index (χ1n) is 5.76. The van der Waals surface area contributed by atoms with Crippen molar-refractivity contribution in [2.45, 2.75) is 13.3 Å². The summed E-state index contributed by atoms with van der Waals surface area (Å²) < 4.78 is 40.9. The van der Waals surface area contributed by atoms with E-state index in [9.17, 15) is 12.8 Å². The Labute approximate surface area is 107 Å². The van der Waals surface area contributed by atoms with Crippen molar-refractivity contribution in [3.05, 3.63) is 24.0 Å². The molecular weight excluding hydrogens is 257 g/mol. The highest BCUT2D eigenvalue weighted by molar-refractivity contribution is 7.91. The van der Waals surface area contributed by atoms with Gasteiger partial charge in [0.1, 0.15) is 0 Å². The van der Waals surface area contributed by atoms with Crippen molar-refractivity contribution in [3.8, 4) is 5.75 Å². The number of halogens is 1. The van der Waals surface area contributed by atoms with E-state index in [4.69, 9.17) is 4.74 Å². The fourth-order valence-electron chi connectivity index (χ4n) is 1.53. The van der Waals surface area contributed by atoms with Crippen LogP contribution in [0.5, 0.6) is 5.75 Å². The molecule has 0 heterocycles. The summed E-state index contributed by atoms with van der Waals surface area (Å²) in [6.07, 6.45) is 0.618. The predicted molar refractivity (Wildman–Crippen MR) is 70.4 cm³/mol. The molecule has 0 unspecified atom stereocenters. The van der Waals surface area contributed by atoms with Gasteiger partial charge in [-0.2, -0.15) is 0 Å². The van der Waals surface area contributed by atoms with Gasteiger partial charge in [0.05, 0.1) is 12.9 Å². The zero-order chi connectivity index (χ0) is 13.6. The average Bonchev–Trinajstić information content (AvgIpc) is 2.31. The molecule has 0 fully saturated rings. The van der Waals surface area contributed by atoms with Gasteiger partial charge in [0.25, 0.3) is 0 Å². The molecular formula is C12H18FNO3S. The molecule has 102 valence electrons. The van der Waals surface area contributed by atoms with Crippen LogP contribution >= 0.6 is 0 Å². The van der Waals surface area contributed by atoms with Crippen LogP contribution in [0.4, 0.5) is 10.1 Å². The van der Waals surface area contributed by atoms with Crippen LogP contribution in [0.2, 0.25) is 0 Å². The van der Waals surface area contributed by atoms with E-state index in [2.05, 4.69) is 5.32 Å². The van der Waals surface area contributed by atoms with Gasteiger partial charge < -0.3 is 10.1 Å². The van der Waals surface area contributed by atoms with Crippen molar-refractivity contribution in [1.82, 2.24) is 0 Å². The molecule has 0 amide bonds. The summed E-state index contributed by atoms with van der Waals surface area (Å²) in [5.74, 6) is -0.0415. The van der Waals surface area contributed by atoms with Crippen LogP contribution in [0.1, 0.15) is 13.3 Å². The second kappa shape index (κ2) is 6.58. The van der Waals surface area contributed by atoms with Gasteiger partial charge in [0.2, 0.25) is 0 Å². The first kappa shape index (κ1) is 14.8. The molecule has 0 aromatic heterocycles. The number of ether oxygens (including phenoxy) is 1. The topological polar surface area (TPSA) is 55.4 Å². The number of hydrogen-bond acceptors (Lipinski definition) is 4. The summed E-state index contributed by atoms with van der Waals surface area (Å²) >= 11 is 0. The highest BCUT2D eigenvalue weighted by Crippen LogP contribution is 2.21. The van der Waals surface area contributed by atoms with Crippen LogP contribution in [0.25, 0.3) is 0 Å². The molecule has 0 aliphatic carbocycles. The monoisotopic (exact) mass is 275 g/mol. The smallest absolute Gasteiger partial charge is 0.165 e. The Hall–Kier alpha value is -1.30. The number of anilines is 1. The van der Waals surface area contributed by atoms with Crippen LogP contribution in [-0.2, 0) is 9.84 Å². The Morgan fingerprint density at radius 3 is 2.67 bits per heavy atom. The lowest BCUT2D eigenvalue weighted by Gasteiger charge is -2.09. The summed E-state index contributed by atoms with van der Waals surface area (Å²) in [6.45, 7) is 2.13. The minimum atomic E-state index is -2.99. The van der Waals surface area contributed by atoms with Crippen molar-refractivity contribution in [2.75, 3.05) is 30.5 Å². The van der Waals surface area contributed by atoms with E-state index in [1.807, 2.05) is 6.92 Å². The van der Waals surface area contributed by atoms with Crippen molar-refractivity contribution in [2.24, 2.45) is 0 Å². The molecule has 1 aromatic rings. The second-order valence-corrected chi connectivity index (χ2v) is 6.23. The van der Waals surface area contributed by atoms with Gasteiger partial charge in [-0.1, -0.05) is 6.92 Å². The van der Waals surface area contributed by atoms with Gasteiger partial charge in [0.15, 0.2) is 21.4 Å². The standard InChI is InChI=1S/C12H18FNO3S/c1-3-7-18(15,16)8-6-14-10-4-5-11(13)12(9-10)17-2/h4-5,9,14H,3,6-8H2,1-2H3. The molecule has 0 aliphatic rings. The number of benzene rings is 1. The molecule has 0 saturated heterocycles. The Morgan fingerprint density at radius 2 is 2.06 bits per heavy atom. The molecule has 6 heteroatoms. The van der Waals surface area contributed by atoms with Crippen LogP contribution in [0.15, 0.2) is 18.2 Å². The van der Waals surface area contributed by atoms with Gasteiger partial charge in [0, 0.05) is 24.1 Å². The predicted octanol–water partition coefficient (Wildman–Crippen LogP) is 2.07. The SMILES string of the molecule is CCCS(=O)(=O)CCNc1ccc(F)c(OC)c1. The minimum Gasteiger partial charge on any atom is -0.494 e. The van der Waals surface area contributed by atoms with Gasteiger partial charge in [-0.3, -0.25) is 0 Å². The summed E-state index contributed by atoms with van der Waals surface area (Å²) in [5, 5.41) is 2.94. The van der Waals surface area contributed by atoms with Gasteiger partial charge in [-0.05, 0) is 18.6 Å². The molecule has 0 bridgehead atoms. The van der Waals surface area contributed by atoms with Gasteiger partial charge in [-0.25, -0.2) is 12.8 Å². The van der Waals surface area contributed by atoms with E-state index in [1.54, 1.807) is 6.07 Å². The summed E-state index contributed by atoms with van der Waals surface area (Å²) in [4.78, 5) is 0. The first-order valence-corrected chi connectivity index (χ1v) is 7.58. The Balaban J connectivity index is 2.54. The maximum Gasteiger partial charge on any atom is 0.165 e.